The van der Waals surface area contributed by atoms with Crippen LogP contribution in [0.25, 0.3) is 11.1 Å². The van der Waals surface area contributed by atoms with Crippen LogP contribution in [0.15, 0.2) is 64.2 Å². The fourth-order valence-corrected chi connectivity index (χ4v) is 3.92. The Balaban J connectivity index is 1.91. The lowest BCUT2D eigenvalue weighted by atomic mass is 10.0. The number of nitrogen functional groups attached to an aromatic ring is 1. The van der Waals surface area contributed by atoms with Crippen LogP contribution in [0.4, 0.5) is 17.2 Å². The van der Waals surface area contributed by atoms with Crippen LogP contribution in [0, 0.1) is 5.92 Å². The summed E-state index contributed by atoms with van der Waals surface area (Å²) < 4.78 is 1.37. The average Bonchev–Trinajstić information content (AvgIpc) is 2.79. The van der Waals surface area contributed by atoms with Crippen molar-refractivity contribution >= 4 is 23.1 Å². The average molecular weight is 464 g/mol. The molecule has 34 heavy (non-hydrogen) atoms. The van der Waals surface area contributed by atoms with E-state index in [0.29, 0.717) is 18.8 Å². The number of carbonyl (C=O) groups excluding carboxylic acids is 1. The summed E-state index contributed by atoms with van der Waals surface area (Å²) in [6, 6.07) is 17.4. The predicted molar refractivity (Wildman–Crippen MR) is 138 cm³/mol. The van der Waals surface area contributed by atoms with Crippen molar-refractivity contribution in [3.05, 3.63) is 75.4 Å². The summed E-state index contributed by atoms with van der Waals surface area (Å²) in [5.41, 5.74) is 7.89. The Hall–Kier alpha value is -3.81. The normalized spacial score (nSPS) is 10.9. The monoisotopic (exact) mass is 463 g/mol. The molecule has 1 heterocycles. The van der Waals surface area contributed by atoms with Crippen molar-refractivity contribution in [2.45, 2.75) is 40.2 Å². The summed E-state index contributed by atoms with van der Waals surface area (Å²) in [5, 5.41) is 2.98. The number of nitrogens with zero attached hydrogens (tertiary/aromatic N) is 2. The van der Waals surface area contributed by atoms with E-state index in [1.807, 2.05) is 75.4 Å². The highest BCUT2D eigenvalue weighted by atomic mass is 16.2. The van der Waals surface area contributed by atoms with Gasteiger partial charge in [0.1, 0.15) is 11.5 Å². The van der Waals surface area contributed by atoms with Gasteiger partial charge in [-0.2, -0.15) is 0 Å². The Morgan fingerprint density at radius 2 is 1.76 bits per heavy atom. The lowest BCUT2D eigenvalue weighted by Crippen LogP contribution is -2.43. The maximum atomic E-state index is 13.1. The van der Waals surface area contributed by atoms with Gasteiger partial charge in [-0.15, -0.1) is 0 Å². The third kappa shape index (κ3) is 5.95. The lowest BCUT2D eigenvalue weighted by Gasteiger charge is -2.27. The number of nitrogens with one attached hydrogen (secondary N) is 2. The fourth-order valence-electron chi connectivity index (χ4n) is 3.92. The molecule has 0 unspecified atom stereocenters. The second kappa shape index (κ2) is 11.4. The first-order valence-corrected chi connectivity index (χ1v) is 11.6. The molecule has 3 rings (SSSR count). The summed E-state index contributed by atoms with van der Waals surface area (Å²) in [6.45, 7) is 6.74. The second-order valence-electron chi connectivity index (χ2n) is 8.73. The molecule has 8 nitrogen and oxygen atoms in total. The molecule has 1 aromatic heterocycles. The van der Waals surface area contributed by atoms with Crippen LogP contribution in [-0.2, 0) is 11.3 Å². The lowest BCUT2D eigenvalue weighted by molar-refractivity contribution is -0.115. The molecule has 0 saturated heterocycles. The molecular formula is C26H33N5O3. The molecule has 0 aliphatic rings. The first-order chi connectivity index (χ1) is 16.3. The third-order valence-corrected chi connectivity index (χ3v) is 5.47. The molecule has 0 spiro atoms. The molecule has 0 atom stereocenters. The number of unbranched alkanes of at least 4 members (excludes halogenated alkanes) is 1. The number of benzene rings is 2. The largest absolute Gasteiger partial charge is 0.383 e. The van der Waals surface area contributed by atoms with Gasteiger partial charge in [0.2, 0.25) is 5.91 Å². The summed E-state index contributed by atoms with van der Waals surface area (Å²) in [4.78, 5) is 42.2. The van der Waals surface area contributed by atoms with Crippen molar-refractivity contribution in [1.29, 1.82) is 0 Å². The number of anilines is 3. The van der Waals surface area contributed by atoms with Crippen molar-refractivity contribution in [2.75, 3.05) is 29.0 Å². The van der Waals surface area contributed by atoms with E-state index in [4.69, 9.17) is 5.73 Å². The van der Waals surface area contributed by atoms with Crippen molar-refractivity contribution in [3.8, 4) is 11.1 Å². The van der Waals surface area contributed by atoms with Gasteiger partial charge in [0, 0.05) is 24.3 Å². The molecule has 1 amide bonds. The standard InChI is InChI=1S/C26H33N5O3/c1-4-5-15-31-24(27)23(25(33)29-26(31)34)30(16-18(2)3)17-22(32)28-21-14-10-9-13-20(21)19-11-7-6-8-12-19/h6-14,18H,4-5,15-17,27H2,1-3H3,(H,28,32)(H,29,33,34). The van der Waals surface area contributed by atoms with Crippen molar-refractivity contribution in [1.82, 2.24) is 9.55 Å². The van der Waals surface area contributed by atoms with Crippen LogP contribution in [0.2, 0.25) is 0 Å². The van der Waals surface area contributed by atoms with Crippen LogP contribution in [0.1, 0.15) is 33.6 Å². The minimum Gasteiger partial charge on any atom is -0.383 e. The summed E-state index contributed by atoms with van der Waals surface area (Å²) in [7, 11) is 0. The van der Waals surface area contributed by atoms with Gasteiger partial charge in [0.05, 0.1) is 6.54 Å². The minimum absolute atomic E-state index is 0.0828. The van der Waals surface area contributed by atoms with Crippen LogP contribution in [0.3, 0.4) is 0 Å². The Morgan fingerprint density at radius 3 is 2.44 bits per heavy atom. The van der Waals surface area contributed by atoms with Gasteiger partial charge in [0.25, 0.3) is 5.56 Å². The zero-order valence-electron chi connectivity index (χ0n) is 20.0. The number of aromatic amines is 1. The van der Waals surface area contributed by atoms with E-state index in [2.05, 4.69) is 10.3 Å². The predicted octanol–water partition coefficient (Wildman–Crippen LogP) is 3.69. The molecular weight excluding hydrogens is 430 g/mol. The molecule has 0 aliphatic carbocycles. The number of carbonyl (C=O) groups is 1. The highest BCUT2D eigenvalue weighted by molar-refractivity contribution is 5.98. The van der Waals surface area contributed by atoms with Crippen LogP contribution in [-0.4, -0.2) is 28.5 Å². The van der Waals surface area contributed by atoms with Crippen molar-refractivity contribution in [2.24, 2.45) is 5.92 Å². The van der Waals surface area contributed by atoms with Crippen LogP contribution >= 0.6 is 0 Å². The van der Waals surface area contributed by atoms with Gasteiger partial charge < -0.3 is 16.0 Å². The number of hydrogen-bond donors (Lipinski definition) is 3. The van der Waals surface area contributed by atoms with Gasteiger partial charge in [-0.3, -0.25) is 19.1 Å². The van der Waals surface area contributed by atoms with E-state index in [9.17, 15) is 14.4 Å². The Labute approximate surface area is 199 Å². The summed E-state index contributed by atoms with van der Waals surface area (Å²) >= 11 is 0. The maximum absolute atomic E-state index is 13.1. The zero-order chi connectivity index (χ0) is 24.7. The second-order valence-corrected chi connectivity index (χ2v) is 8.73. The van der Waals surface area contributed by atoms with Crippen molar-refractivity contribution < 1.29 is 4.79 Å². The van der Waals surface area contributed by atoms with E-state index < -0.39 is 11.2 Å². The molecule has 8 heteroatoms. The Kier molecular flexibility index (Phi) is 8.29. The Bertz CT molecular complexity index is 1230. The first kappa shape index (κ1) is 24.8. The van der Waals surface area contributed by atoms with E-state index in [1.165, 1.54) is 4.57 Å². The molecule has 3 aromatic rings. The van der Waals surface area contributed by atoms with Gasteiger partial charge >= 0.3 is 5.69 Å². The van der Waals surface area contributed by atoms with E-state index in [1.54, 1.807) is 4.90 Å². The number of amides is 1. The molecule has 0 saturated carbocycles. The summed E-state index contributed by atoms with van der Waals surface area (Å²) in [5.74, 6) is -0.0475. The highest BCUT2D eigenvalue weighted by Crippen LogP contribution is 2.27. The quantitative estimate of drug-likeness (QED) is 0.424. The molecule has 0 bridgehead atoms. The van der Waals surface area contributed by atoms with Crippen molar-refractivity contribution in [3.63, 3.8) is 0 Å². The summed E-state index contributed by atoms with van der Waals surface area (Å²) in [6.07, 6.45) is 1.62. The van der Waals surface area contributed by atoms with Gasteiger partial charge in [-0.1, -0.05) is 75.7 Å². The SMILES string of the molecule is CCCCn1c(N)c(N(CC(=O)Nc2ccccc2-c2ccccc2)CC(C)C)c(=O)[nH]c1=O. The highest BCUT2D eigenvalue weighted by Gasteiger charge is 2.22. The number of aromatic nitrogens is 2. The number of para-hydroxylation sites is 1. The minimum atomic E-state index is -0.589. The molecule has 180 valence electrons. The smallest absolute Gasteiger partial charge is 0.330 e. The van der Waals surface area contributed by atoms with Gasteiger partial charge in [0.15, 0.2) is 0 Å². The van der Waals surface area contributed by atoms with Crippen LogP contribution < -0.4 is 27.2 Å². The maximum Gasteiger partial charge on any atom is 0.330 e. The number of hydrogen-bond acceptors (Lipinski definition) is 5. The molecule has 4 N–H and O–H groups in total. The number of rotatable bonds is 10. The van der Waals surface area contributed by atoms with Gasteiger partial charge in [-0.25, -0.2) is 4.79 Å². The molecule has 0 aliphatic heterocycles. The molecule has 0 fully saturated rings. The topological polar surface area (TPSA) is 113 Å². The fraction of sp³-hybridized carbons (Fsp3) is 0.346. The molecule has 0 radical (unpaired) electrons. The van der Waals surface area contributed by atoms with Gasteiger partial charge in [-0.05, 0) is 24.0 Å². The van der Waals surface area contributed by atoms with Crippen LogP contribution in [0.5, 0.6) is 0 Å². The number of H-pyrrole nitrogens is 1. The van der Waals surface area contributed by atoms with E-state index in [-0.39, 0.29) is 29.9 Å². The number of nitrogens with two attached hydrogens (primary N) is 1. The van der Waals surface area contributed by atoms with E-state index >= 15 is 0 Å². The zero-order valence-corrected chi connectivity index (χ0v) is 20.0. The Morgan fingerprint density at radius 1 is 1.09 bits per heavy atom. The van der Waals surface area contributed by atoms with E-state index in [0.717, 1.165) is 24.0 Å². The third-order valence-electron chi connectivity index (χ3n) is 5.47. The first-order valence-electron chi connectivity index (χ1n) is 11.6. The molecule has 2 aromatic carbocycles.